The first kappa shape index (κ1) is 12.2. The smallest absolute Gasteiger partial charge is 0.148 e. The van der Waals surface area contributed by atoms with Crippen molar-refractivity contribution in [2.75, 3.05) is 18.4 Å². The summed E-state index contributed by atoms with van der Waals surface area (Å²) in [6.45, 7) is 3.76. The molecule has 1 aromatic rings. The van der Waals surface area contributed by atoms with E-state index in [4.69, 9.17) is 17.3 Å². The fourth-order valence-electron chi connectivity index (χ4n) is 1.22. The molecule has 0 spiro atoms. The summed E-state index contributed by atoms with van der Waals surface area (Å²) in [5.74, 6) is 1.28. The summed E-state index contributed by atoms with van der Waals surface area (Å²) in [6, 6.07) is 0. The van der Waals surface area contributed by atoms with Gasteiger partial charge in [-0.2, -0.15) is 0 Å². The highest BCUT2D eigenvalue weighted by molar-refractivity contribution is 6.32. The summed E-state index contributed by atoms with van der Waals surface area (Å²) in [4.78, 5) is 7.85. The predicted octanol–water partition coefficient (Wildman–Crippen LogP) is 1.92. The van der Waals surface area contributed by atoms with Gasteiger partial charge in [0.1, 0.15) is 17.2 Å². The number of halogens is 1. The SMILES string of the molecule is CC(CN)CCCNc1ncncc1Cl. The van der Waals surface area contributed by atoms with E-state index in [0.717, 1.165) is 25.9 Å². The Labute approximate surface area is 95.3 Å². The number of nitrogens with zero attached hydrogens (tertiary/aromatic N) is 2. The first-order valence-corrected chi connectivity index (χ1v) is 5.51. The summed E-state index contributed by atoms with van der Waals surface area (Å²) >= 11 is 5.89. The molecule has 15 heavy (non-hydrogen) atoms. The van der Waals surface area contributed by atoms with Crippen molar-refractivity contribution in [3.05, 3.63) is 17.5 Å². The van der Waals surface area contributed by atoms with E-state index in [-0.39, 0.29) is 0 Å². The van der Waals surface area contributed by atoms with Crippen LogP contribution in [-0.2, 0) is 0 Å². The first-order chi connectivity index (χ1) is 7.24. The van der Waals surface area contributed by atoms with Crippen LogP contribution in [0.5, 0.6) is 0 Å². The molecule has 1 aromatic heterocycles. The highest BCUT2D eigenvalue weighted by atomic mass is 35.5. The third-order valence-corrected chi connectivity index (χ3v) is 2.51. The molecule has 0 amide bonds. The lowest BCUT2D eigenvalue weighted by molar-refractivity contribution is 0.529. The van der Waals surface area contributed by atoms with E-state index in [1.54, 1.807) is 6.20 Å². The third-order valence-electron chi connectivity index (χ3n) is 2.24. The zero-order chi connectivity index (χ0) is 11.1. The molecule has 1 atom stereocenters. The van der Waals surface area contributed by atoms with E-state index in [1.165, 1.54) is 6.33 Å². The van der Waals surface area contributed by atoms with Gasteiger partial charge in [-0.25, -0.2) is 9.97 Å². The highest BCUT2D eigenvalue weighted by Crippen LogP contribution is 2.16. The van der Waals surface area contributed by atoms with E-state index >= 15 is 0 Å². The molecule has 0 saturated heterocycles. The van der Waals surface area contributed by atoms with Crippen molar-refractivity contribution < 1.29 is 0 Å². The fraction of sp³-hybridized carbons (Fsp3) is 0.600. The average Bonchev–Trinajstić information content (AvgIpc) is 2.26. The molecule has 0 bridgehead atoms. The minimum Gasteiger partial charge on any atom is -0.369 e. The van der Waals surface area contributed by atoms with Gasteiger partial charge in [0.25, 0.3) is 0 Å². The van der Waals surface area contributed by atoms with Crippen LogP contribution in [0.1, 0.15) is 19.8 Å². The Balaban J connectivity index is 2.23. The monoisotopic (exact) mass is 228 g/mol. The largest absolute Gasteiger partial charge is 0.369 e. The maximum atomic E-state index is 5.89. The minimum atomic E-state index is 0.560. The maximum Gasteiger partial charge on any atom is 0.148 e. The van der Waals surface area contributed by atoms with Crippen LogP contribution in [-0.4, -0.2) is 23.1 Å². The Kier molecular flexibility index (Phi) is 5.36. The molecule has 1 rings (SSSR count). The van der Waals surface area contributed by atoms with Gasteiger partial charge in [0.2, 0.25) is 0 Å². The lowest BCUT2D eigenvalue weighted by Gasteiger charge is -2.09. The Hall–Kier alpha value is -0.870. The second-order valence-electron chi connectivity index (χ2n) is 3.63. The molecule has 3 N–H and O–H groups in total. The van der Waals surface area contributed by atoms with Crippen LogP contribution in [0.3, 0.4) is 0 Å². The topological polar surface area (TPSA) is 63.8 Å². The molecule has 0 aliphatic rings. The quantitative estimate of drug-likeness (QED) is 0.731. The number of hydrogen-bond donors (Lipinski definition) is 2. The molecule has 5 heteroatoms. The standard InChI is InChI=1S/C10H17ClN4/c1-8(5-12)3-2-4-14-10-9(11)6-13-7-15-10/h6-8H,2-5,12H2,1H3,(H,13,14,15). The molecule has 0 radical (unpaired) electrons. The Morgan fingerprint density at radius 3 is 3.07 bits per heavy atom. The number of rotatable bonds is 6. The van der Waals surface area contributed by atoms with Crippen molar-refractivity contribution in [1.29, 1.82) is 0 Å². The van der Waals surface area contributed by atoms with Crippen molar-refractivity contribution in [3.63, 3.8) is 0 Å². The number of nitrogens with one attached hydrogen (secondary N) is 1. The van der Waals surface area contributed by atoms with Crippen LogP contribution in [0, 0.1) is 5.92 Å². The summed E-state index contributed by atoms with van der Waals surface area (Å²) in [7, 11) is 0. The summed E-state index contributed by atoms with van der Waals surface area (Å²) in [5, 5.41) is 3.73. The lowest BCUT2D eigenvalue weighted by Crippen LogP contribution is -2.12. The molecule has 0 fully saturated rings. The molecule has 1 unspecified atom stereocenters. The van der Waals surface area contributed by atoms with Crippen molar-refractivity contribution in [2.45, 2.75) is 19.8 Å². The molecule has 0 saturated carbocycles. The Bertz CT molecular complexity index is 293. The van der Waals surface area contributed by atoms with Gasteiger partial charge in [-0.1, -0.05) is 18.5 Å². The van der Waals surface area contributed by atoms with Gasteiger partial charge in [-0.15, -0.1) is 0 Å². The second kappa shape index (κ2) is 6.58. The van der Waals surface area contributed by atoms with Crippen LogP contribution in [0.4, 0.5) is 5.82 Å². The van der Waals surface area contributed by atoms with Crippen molar-refractivity contribution >= 4 is 17.4 Å². The number of nitrogens with two attached hydrogens (primary N) is 1. The lowest BCUT2D eigenvalue weighted by atomic mass is 10.1. The van der Waals surface area contributed by atoms with Crippen LogP contribution in [0.15, 0.2) is 12.5 Å². The van der Waals surface area contributed by atoms with Crippen molar-refractivity contribution in [2.24, 2.45) is 11.7 Å². The van der Waals surface area contributed by atoms with Gasteiger partial charge in [0.15, 0.2) is 0 Å². The molecule has 84 valence electrons. The van der Waals surface area contributed by atoms with Crippen LogP contribution in [0.25, 0.3) is 0 Å². The Morgan fingerprint density at radius 2 is 2.40 bits per heavy atom. The van der Waals surface area contributed by atoms with E-state index < -0.39 is 0 Å². The molecule has 0 aliphatic heterocycles. The molecule has 0 aliphatic carbocycles. The number of anilines is 1. The summed E-state index contributed by atoms with van der Waals surface area (Å²) in [5.41, 5.74) is 5.53. The zero-order valence-electron chi connectivity index (χ0n) is 8.91. The summed E-state index contributed by atoms with van der Waals surface area (Å²) < 4.78 is 0. The highest BCUT2D eigenvalue weighted by Gasteiger charge is 2.01. The maximum absolute atomic E-state index is 5.89. The Morgan fingerprint density at radius 1 is 1.60 bits per heavy atom. The van der Waals surface area contributed by atoms with Gasteiger partial charge in [0.05, 0.1) is 6.20 Å². The minimum absolute atomic E-state index is 0.560. The van der Waals surface area contributed by atoms with Gasteiger partial charge < -0.3 is 11.1 Å². The van der Waals surface area contributed by atoms with Crippen LogP contribution >= 0.6 is 11.6 Å². The molecule has 0 aromatic carbocycles. The molecular weight excluding hydrogens is 212 g/mol. The van der Waals surface area contributed by atoms with Crippen LogP contribution in [0.2, 0.25) is 5.02 Å². The van der Waals surface area contributed by atoms with E-state index in [2.05, 4.69) is 22.2 Å². The van der Waals surface area contributed by atoms with Crippen LogP contribution < -0.4 is 11.1 Å². The predicted molar refractivity (Wildman–Crippen MR) is 63.0 cm³/mol. The van der Waals surface area contributed by atoms with Crippen molar-refractivity contribution in [3.8, 4) is 0 Å². The molecule has 4 nitrogen and oxygen atoms in total. The van der Waals surface area contributed by atoms with E-state index in [9.17, 15) is 0 Å². The second-order valence-corrected chi connectivity index (χ2v) is 4.04. The van der Waals surface area contributed by atoms with E-state index in [0.29, 0.717) is 16.8 Å². The summed E-state index contributed by atoms with van der Waals surface area (Å²) in [6.07, 6.45) is 5.25. The molecule has 1 heterocycles. The van der Waals surface area contributed by atoms with Gasteiger partial charge >= 0.3 is 0 Å². The number of aromatic nitrogens is 2. The number of hydrogen-bond acceptors (Lipinski definition) is 4. The van der Waals surface area contributed by atoms with Gasteiger partial charge in [-0.05, 0) is 25.3 Å². The van der Waals surface area contributed by atoms with Gasteiger partial charge in [-0.3, -0.25) is 0 Å². The van der Waals surface area contributed by atoms with Crippen molar-refractivity contribution in [1.82, 2.24) is 9.97 Å². The van der Waals surface area contributed by atoms with Gasteiger partial charge in [0, 0.05) is 6.54 Å². The fourth-order valence-corrected chi connectivity index (χ4v) is 1.39. The third kappa shape index (κ3) is 4.44. The average molecular weight is 229 g/mol. The molecular formula is C10H17ClN4. The first-order valence-electron chi connectivity index (χ1n) is 5.13. The van der Waals surface area contributed by atoms with E-state index in [1.807, 2.05) is 0 Å². The zero-order valence-corrected chi connectivity index (χ0v) is 9.67. The normalized spacial score (nSPS) is 12.5.